The first-order valence-electron chi connectivity index (χ1n) is 6.03. The molecule has 5 nitrogen and oxygen atoms in total. The van der Waals surface area contributed by atoms with Gasteiger partial charge in [0.05, 0.1) is 5.75 Å². The van der Waals surface area contributed by atoms with E-state index in [1.165, 1.54) is 19.0 Å². The number of nitrogens with zero attached hydrogens (tertiary/aromatic N) is 1. The minimum absolute atomic E-state index is 0.00231. The second-order valence-electron chi connectivity index (χ2n) is 4.57. The lowest BCUT2D eigenvalue weighted by atomic mass is 10.1. The topological polar surface area (TPSA) is 66.5 Å². The first-order valence-corrected chi connectivity index (χ1v) is 8.52. The summed E-state index contributed by atoms with van der Waals surface area (Å²) >= 11 is 1.65. The summed E-state index contributed by atoms with van der Waals surface area (Å²) in [6, 6.07) is 4.00. The summed E-state index contributed by atoms with van der Waals surface area (Å²) in [6.07, 6.45) is -0.00231. The number of thiophene rings is 1. The monoisotopic (exact) mass is 304 g/mol. The molecule has 0 unspecified atom stereocenters. The molecule has 0 radical (unpaired) electrons. The Hall–Kier alpha value is -0.920. The van der Waals surface area contributed by atoms with Crippen molar-refractivity contribution in [2.75, 3.05) is 26.4 Å². The van der Waals surface area contributed by atoms with Crippen LogP contribution in [-0.2, 0) is 14.8 Å². The van der Waals surface area contributed by atoms with E-state index in [-0.39, 0.29) is 24.0 Å². The lowest BCUT2D eigenvalue weighted by Crippen LogP contribution is -2.31. The summed E-state index contributed by atoms with van der Waals surface area (Å²) < 4.78 is 24.1. The highest BCUT2D eigenvalue weighted by Crippen LogP contribution is 2.19. The van der Waals surface area contributed by atoms with E-state index in [0.717, 1.165) is 4.31 Å². The third-order valence-electron chi connectivity index (χ3n) is 2.78. The van der Waals surface area contributed by atoms with Gasteiger partial charge in [-0.3, -0.25) is 4.79 Å². The van der Waals surface area contributed by atoms with Crippen LogP contribution >= 0.6 is 11.3 Å². The second kappa shape index (κ2) is 7.02. The van der Waals surface area contributed by atoms with Crippen molar-refractivity contribution < 1.29 is 13.2 Å². The van der Waals surface area contributed by atoms with Crippen molar-refractivity contribution in [1.82, 2.24) is 9.62 Å². The van der Waals surface area contributed by atoms with Gasteiger partial charge >= 0.3 is 0 Å². The maximum absolute atomic E-state index is 11.6. The second-order valence-corrected chi connectivity index (χ2v) is 7.85. The van der Waals surface area contributed by atoms with Crippen LogP contribution in [0.4, 0.5) is 0 Å². The predicted octanol–water partition coefficient (Wildman–Crippen LogP) is 1.25. The number of carbonyl (C=O) groups excluding carboxylic acids is 1. The summed E-state index contributed by atoms with van der Waals surface area (Å²) in [7, 11) is -0.372. The molecule has 0 saturated heterocycles. The maximum atomic E-state index is 11.6. The molecule has 0 aliphatic rings. The average molecular weight is 304 g/mol. The van der Waals surface area contributed by atoms with Gasteiger partial charge in [-0.2, -0.15) is 0 Å². The molecule has 0 aromatic carbocycles. The van der Waals surface area contributed by atoms with Gasteiger partial charge in [0.25, 0.3) is 0 Å². The molecule has 0 bridgehead atoms. The third-order valence-corrected chi connectivity index (χ3v) is 5.71. The van der Waals surface area contributed by atoms with E-state index in [0.29, 0.717) is 6.54 Å². The van der Waals surface area contributed by atoms with Gasteiger partial charge in [-0.25, -0.2) is 12.7 Å². The Morgan fingerprint density at radius 2 is 2.16 bits per heavy atom. The molecule has 1 amide bonds. The Kier molecular flexibility index (Phi) is 5.96. The van der Waals surface area contributed by atoms with Crippen LogP contribution < -0.4 is 5.32 Å². The molecule has 1 N–H and O–H groups in total. The average Bonchev–Trinajstić information content (AvgIpc) is 2.87. The van der Waals surface area contributed by atoms with Crippen molar-refractivity contribution in [3.05, 3.63) is 22.4 Å². The van der Waals surface area contributed by atoms with Gasteiger partial charge in [-0.05, 0) is 11.4 Å². The zero-order chi connectivity index (χ0) is 14.5. The van der Waals surface area contributed by atoms with Gasteiger partial charge in [-0.1, -0.05) is 13.0 Å². The first kappa shape index (κ1) is 16.1. The molecule has 0 aliphatic carbocycles. The molecule has 108 valence electrons. The standard InChI is InChI=1S/C12H20N2O3S2/c1-10(11-5-4-7-18-11)9-13-12(15)6-8-19(16,17)14(2)3/h4-5,7,10H,6,8-9H2,1-3H3,(H,13,15)/t10-/m0/s1. The quantitative estimate of drug-likeness (QED) is 0.824. The minimum atomic E-state index is -3.30. The van der Waals surface area contributed by atoms with Gasteiger partial charge in [-0.15, -0.1) is 11.3 Å². The van der Waals surface area contributed by atoms with Crippen LogP contribution in [-0.4, -0.2) is 45.0 Å². The number of amides is 1. The molecule has 1 aromatic heterocycles. The van der Waals surface area contributed by atoms with Crippen LogP contribution in [0.5, 0.6) is 0 Å². The number of rotatable bonds is 7. The summed E-state index contributed by atoms with van der Waals surface area (Å²) in [5, 5.41) is 4.76. The smallest absolute Gasteiger partial charge is 0.221 e. The van der Waals surface area contributed by atoms with E-state index < -0.39 is 10.0 Å². The Balaban J connectivity index is 2.33. The molecule has 0 saturated carbocycles. The van der Waals surface area contributed by atoms with Crippen LogP contribution in [0.15, 0.2) is 17.5 Å². The zero-order valence-electron chi connectivity index (χ0n) is 11.4. The van der Waals surface area contributed by atoms with Crippen molar-refractivity contribution in [3.63, 3.8) is 0 Å². The number of hydrogen-bond donors (Lipinski definition) is 1. The van der Waals surface area contributed by atoms with E-state index in [1.807, 2.05) is 24.4 Å². The van der Waals surface area contributed by atoms with E-state index in [1.54, 1.807) is 11.3 Å². The third kappa shape index (κ3) is 5.30. The van der Waals surface area contributed by atoms with Crippen LogP contribution in [0.1, 0.15) is 24.1 Å². The molecule has 0 fully saturated rings. The molecule has 19 heavy (non-hydrogen) atoms. The molecule has 0 spiro atoms. The van der Waals surface area contributed by atoms with Crippen LogP contribution in [0, 0.1) is 0 Å². The molecule has 1 aromatic rings. The number of hydrogen-bond acceptors (Lipinski definition) is 4. The highest BCUT2D eigenvalue weighted by molar-refractivity contribution is 7.89. The molecule has 0 aliphatic heterocycles. The van der Waals surface area contributed by atoms with Crippen LogP contribution in [0.2, 0.25) is 0 Å². The SMILES string of the molecule is C[C@@H](CNC(=O)CCS(=O)(=O)N(C)C)c1cccs1. The van der Waals surface area contributed by atoms with Gasteiger partial charge in [0.15, 0.2) is 0 Å². The van der Waals surface area contributed by atoms with Crippen molar-refractivity contribution in [1.29, 1.82) is 0 Å². The van der Waals surface area contributed by atoms with E-state index in [4.69, 9.17) is 0 Å². The van der Waals surface area contributed by atoms with E-state index in [2.05, 4.69) is 5.32 Å². The lowest BCUT2D eigenvalue weighted by Gasteiger charge is -2.13. The Morgan fingerprint density at radius 3 is 2.68 bits per heavy atom. The predicted molar refractivity (Wildman–Crippen MR) is 77.8 cm³/mol. The first-order chi connectivity index (χ1) is 8.83. The van der Waals surface area contributed by atoms with Gasteiger partial charge < -0.3 is 5.32 Å². The van der Waals surface area contributed by atoms with E-state index >= 15 is 0 Å². The number of nitrogens with one attached hydrogen (secondary N) is 1. The van der Waals surface area contributed by atoms with Gasteiger partial charge in [0, 0.05) is 37.9 Å². The van der Waals surface area contributed by atoms with Crippen molar-refractivity contribution >= 4 is 27.3 Å². The summed E-state index contributed by atoms with van der Waals surface area (Å²) in [6.45, 7) is 2.56. The van der Waals surface area contributed by atoms with Crippen LogP contribution in [0.3, 0.4) is 0 Å². The molecule has 1 heterocycles. The summed E-state index contributed by atoms with van der Waals surface area (Å²) in [5.74, 6) is -0.137. The van der Waals surface area contributed by atoms with Crippen molar-refractivity contribution in [2.24, 2.45) is 0 Å². The Labute approximate surface area is 118 Å². The fourth-order valence-corrected chi connectivity index (χ4v) is 3.03. The minimum Gasteiger partial charge on any atom is -0.355 e. The summed E-state index contributed by atoms with van der Waals surface area (Å²) in [4.78, 5) is 12.8. The van der Waals surface area contributed by atoms with Crippen LogP contribution in [0.25, 0.3) is 0 Å². The molecular weight excluding hydrogens is 284 g/mol. The lowest BCUT2D eigenvalue weighted by molar-refractivity contribution is -0.120. The highest BCUT2D eigenvalue weighted by atomic mass is 32.2. The van der Waals surface area contributed by atoms with Crippen molar-refractivity contribution in [2.45, 2.75) is 19.3 Å². The molecule has 1 rings (SSSR count). The van der Waals surface area contributed by atoms with E-state index in [9.17, 15) is 13.2 Å². The summed E-state index contributed by atoms with van der Waals surface area (Å²) in [5.41, 5.74) is 0. The normalized spacial score (nSPS) is 13.5. The largest absolute Gasteiger partial charge is 0.355 e. The zero-order valence-corrected chi connectivity index (χ0v) is 13.1. The molecule has 7 heteroatoms. The van der Waals surface area contributed by atoms with Gasteiger partial charge in [0.1, 0.15) is 0 Å². The fourth-order valence-electron chi connectivity index (χ4n) is 1.43. The van der Waals surface area contributed by atoms with Crippen molar-refractivity contribution in [3.8, 4) is 0 Å². The molecular formula is C12H20N2O3S2. The van der Waals surface area contributed by atoms with Gasteiger partial charge in [0.2, 0.25) is 15.9 Å². The number of sulfonamides is 1. The Bertz CT molecular complexity index is 495. The number of carbonyl (C=O) groups is 1. The Morgan fingerprint density at radius 1 is 1.47 bits per heavy atom. The molecule has 1 atom stereocenters. The highest BCUT2D eigenvalue weighted by Gasteiger charge is 2.16. The fraction of sp³-hybridized carbons (Fsp3) is 0.583. The maximum Gasteiger partial charge on any atom is 0.221 e.